The molecule has 3 aromatic rings. The van der Waals surface area contributed by atoms with Crippen molar-refractivity contribution < 1.29 is 12.6 Å². The Hall–Kier alpha value is -2.67. The Morgan fingerprint density at radius 3 is 2.52 bits per heavy atom. The minimum atomic E-state index is -3.84. The summed E-state index contributed by atoms with van der Waals surface area (Å²) in [5, 5.41) is 3.98. The van der Waals surface area contributed by atoms with E-state index in [9.17, 15) is 8.42 Å². The molecule has 1 heterocycles. The molecule has 0 atom stereocenters. The number of rotatable bonds is 4. The lowest BCUT2D eigenvalue weighted by molar-refractivity contribution is 0.486. The fourth-order valence-electron chi connectivity index (χ4n) is 1.78. The van der Waals surface area contributed by atoms with Crippen LogP contribution >= 0.6 is 0 Å². The van der Waals surface area contributed by atoms with Gasteiger partial charge in [0, 0.05) is 6.07 Å². The molecule has 106 valence electrons. The lowest BCUT2D eigenvalue weighted by atomic mass is 10.3. The Balaban J connectivity index is 1.91. The number of hydrogen-bond acceptors (Lipinski definition) is 5. The first-order valence-corrected chi connectivity index (χ1v) is 7.50. The molecule has 0 amide bonds. The molecule has 3 rings (SSSR count). The molecule has 0 saturated carbocycles. The molecule has 0 fully saturated rings. The normalized spacial score (nSPS) is 11.2. The highest BCUT2D eigenvalue weighted by molar-refractivity contribution is 7.87. The molecule has 0 spiro atoms. The molecule has 7 heteroatoms. The molecule has 0 saturated heterocycles. The van der Waals surface area contributed by atoms with Crippen molar-refractivity contribution in [1.29, 1.82) is 0 Å². The minimum Gasteiger partial charge on any atom is -0.379 e. The molecule has 6 nitrogen and oxygen atoms in total. The number of hydrogen-bond donors (Lipinski definition) is 0. The van der Waals surface area contributed by atoms with Crippen LogP contribution < -0.4 is 4.18 Å². The van der Waals surface area contributed by atoms with Gasteiger partial charge in [-0.15, -0.1) is 0 Å². The van der Waals surface area contributed by atoms with Gasteiger partial charge in [-0.2, -0.15) is 13.5 Å². The highest BCUT2D eigenvalue weighted by Crippen LogP contribution is 2.20. The van der Waals surface area contributed by atoms with Crippen LogP contribution in [0.3, 0.4) is 0 Å². The second-order valence-corrected chi connectivity index (χ2v) is 5.73. The van der Waals surface area contributed by atoms with Crippen molar-refractivity contribution in [1.82, 2.24) is 14.8 Å². The third-order valence-corrected chi connectivity index (χ3v) is 4.00. The van der Waals surface area contributed by atoms with E-state index in [-0.39, 0.29) is 10.6 Å². The van der Waals surface area contributed by atoms with Gasteiger partial charge in [0.25, 0.3) is 0 Å². The first kappa shape index (κ1) is 13.3. The zero-order valence-electron chi connectivity index (χ0n) is 10.8. The van der Waals surface area contributed by atoms with Crippen LogP contribution in [0.2, 0.25) is 0 Å². The van der Waals surface area contributed by atoms with Gasteiger partial charge in [-0.1, -0.05) is 24.3 Å². The lowest BCUT2D eigenvalue weighted by Gasteiger charge is -2.08. The molecule has 21 heavy (non-hydrogen) atoms. The third kappa shape index (κ3) is 2.92. The summed E-state index contributed by atoms with van der Waals surface area (Å²) in [6.45, 7) is 0. The molecular formula is C14H11N3O3S. The molecule has 0 aliphatic heterocycles. The van der Waals surface area contributed by atoms with Gasteiger partial charge in [-0.3, -0.25) is 0 Å². The maximum absolute atomic E-state index is 12.1. The zero-order valence-corrected chi connectivity index (χ0v) is 11.6. The fraction of sp³-hybridized carbons (Fsp3) is 0. The molecular weight excluding hydrogens is 290 g/mol. The van der Waals surface area contributed by atoms with Gasteiger partial charge in [0.1, 0.15) is 23.3 Å². The van der Waals surface area contributed by atoms with E-state index in [0.29, 0.717) is 5.69 Å². The predicted octanol–water partition coefficient (Wildman–Crippen LogP) is 2.04. The van der Waals surface area contributed by atoms with Crippen LogP contribution in [0, 0.1) is 0 Å². The van der Waals surface area contributed by atoms with E-state index in [2.05, 4.69) is 10.1 Å². The van der Waals surface area contributed by atoms with Crippen molar-refractivity contribution in [2.45, 2.75) is 4.90 Å². The van der Waals surface area contributed by atoms with Crippen molar-refractivity contribution in [3.8, 4) is 11.4 Å². The summed E-state index contributed by atoms with van der Waals surface area (Å²) in [4.78, 5) is 3.95. The first-order valence-electron chi connectivity index (χ1n) is 6.10. The average Bonchev–Trinajstić information content (AvgIpc) is 3.02. The quantitative estimate of drug-likeness (QED) is 0.689. The largest absolute Gasteiger partial charge is 0.379 e. The van der Waals surface area contributed by atoms with Gasteiger partial charge in [-0.25, -0.2) is 9.67 Å². The highest BCUT2D eigenvalue weighted by Gasteiger charge is 2.16. The lowest BCUT2D eigenvalue weighted by Crippen LogP contribution is -2.09. The number of aromatic nitrogens is 3. The molecule has 0 radical (unpaired) electrons. The third-order valence-electron chi connectivity index (χ3n) is 2.74. The highest BCUT2D eigenvalue weighted by atomic mass is 32.2. The minimum absolute atomic E-state index is 0.108. The van der Waals surface area contributed by atoms with Crippen LogP contribution in [0.25, 0.3) is 5.69 Å². The van der Waals surface area contributed by atoms with Crippen LogP contribution in [0.1, 0.15) is 0 Å². The van der Waals surface area contributed by atoms with Crippen molar-refractivity contribution in [3.05, 3.63) is 67.3 Å². The van der Waals surface area contributed by atoms with E-state index in [0.717, 1.165) is 0 Å². The van der Waals surface area contributed by atoms with Crippen LogP contribution in [-0.4, -0.2) is 23.2 Å². The fourth-order valence-corrected chi connectivity index (χ4v) is 2.73. The second-order valence-electron chi connectivity index (χ2n) is 4.19. The second kappa shape index (κ2) is 5.37. The van der Waals surface area contributed by atoms with Gasteiger partial charge in [-0.05, 0) is 24.3 Å². The van der Waals surface area contributed by atoms with Gasteiger partial charge in [0.15, 0.2) is 0 Å². The predicted molar refractivity (Wildman–Crippen MR) is 75.6 cm³/mol. The summed E-state index contributed by atoms with van der Waals surface area (Å²) in [6.07, 6.45) is 2.92. The standard InChI is InChI=1S/C14H11N3O3S/c18-21(19,14-7-2-1-3-8-14)20-13-6-4-5-12(9-13)17-11-15-10-16-17/h1-11H. The Kier molecular flexibility index (Phi) is 3.41. The SMILES string of the molecule is O=S(=O)(Oc1cccc(-n2cncn2)c1)c1ccccc1. The number of nitrogens with zero attached hydrogens (tertiary/aromatic N) is 3. The Bertz CT molecular complexity index is 831. The monoisotopic (exact) mass is 301 g/mol. The van der Waals surface area contributed by atoms with Crippen molar-refractivity contribution in [3.63, 3.8) is 0 Å². The average molecular weight is 301 g/mol. The van der Waals surface area contributed by atoms with Crippen molar-refractivity contribution in [2.75, 3.05) is 0 Å². The summed E-state index contributed by atoms with van der Waals surface area (Å²) in [6, 6.07) is 14.6. The van der Waals surface area contributed by atoms with Gasteiger partial charge >= 0.3 is 10.1 Å². The smallest absolute Gasteiger partial charge is 0.339 e. The van der Waals surface area contributed by atoms with E-state index < -0.39 is 10.1 Å². The van der Waals surface area contributed by atoms with E-state index in [1.54, 1.807) is 42.5 Å². The van der Waals surface area contributed by atoms with Gasteiger partial charge in [0.05, 0.1) is 5.69 Å². The summed E-state index contributed by atoms with van der Waals surface area (Å²) in [5.74, 6) is 0.215. The van der Waals surface area contributed by atoms with Crippen molar-refractivity contribution >= 4 is 10.1 Å². The molecule has 0 N–H and O–H groups in total. The Morgan fingerprint density at radius 1 is 1.00 bits per heavy atom. The van der Waals surface area contributed by atoms with Crippen LogP contribution in [0.5, 0.6) is 5.75 Å². The van der Waals surface area contributed by atoms with Crippen LogP contribution in [-0.2, 0) is 10.1 Å². The summed E-state index contributed by atoms with van der Waals surface area (Å²) >= 11 is 0. The molecule has 0 unspecified atom stereocenters. The first-order chi connectivity index (χ1) is 10.1. The van der Waals surface area contributed by atoms with Gasteiger partial charge in [0.2, 0.25) is 0 Å². The van der Waals surface area contributed by atoms with E-state index >= 15 is 0 Å². The van der Waals surface area contributed by atoms with Crippen LogP contribution in [0.4, 0.5) is 0 Å². The molecule has 0 bridgehead atoms. The molecule has 2 aromatic carbocycles. The maximum atomic E-state index is 12.1. The topological polar surface area (TPSA) is 74.1 Å². The maximum Gasteiger partial charge on any atom is 0.339 e. The Morgan fingerprint density at radius 2 is 1.81 bits per heavy atom. The molecule has 0 aliphatic carbocycles. The molecule has 0 aliphatic rings. The summed E-state index contributed by atoms with van der Waals surface area (Å²) < 4.78 is 30.9. The van der Waals surface area contributed by atoms with Gasteiger partial charge < -0.3 is 4.18 Å². The van der Waals surface area contributed by atoms with Crippen LogP contribution in [0.15, 0.2) is 72.1 Å². The Labute approximate surface area is 121 Å². The molecule has 1 aromatic heterocycles. The van der Waals surface area contributed by atoms with E-state index in [1.165, 1.54) is 29.5 Å². The summed E-state index contributed by atoms with van der Waals surface area (Å²) in [5.41, 5.74) is 0.660. The van der Waals surface area contributed by atoms with Crippen molar-refractivity contribution in [2.24, 2.45) is 0 Å². The van der Waals surface area contributed by atoms with E-state index in [1.807, 2.05) is 0 Å². The zero-order chi connectivity index (χ0) is 14.7. The number of benzene rings is 2. The summed E-state index contributed by atoms with van der Waals surface area (Å²) in [7, 11) is -3.84. The van der Waals surface area contributed by atoms with E-state index in [4.69, 9.17) is 4.18 Å².